The van der Waals surface area contributed by atoms with Crippen LogP contribution in [0.3, 0.4) is 0 Å². The van der Waals surface area contributed by atoms with Crippen molar-refractivity contribution in [2.75, 3.05) is 19.5 Å². The van der Waals surface area contributed by atoms with Gasteiger partial charge in [-0.3, -0.25) is 0 Å². The van der Waals surface area contributed by atoms with E-state index in [0.717, 1.165) is 12.8 Å². The molecule has 0 bridgehead atoms. The zero-order valence-corrected chi connectivity index (χ0v) is 11.1. The molecule has 0 aliphatic carbocycles. The van der Waals surface area contributed by atoms with Gasteiger partial charge in [0.1, 0.15) is 11.3 Å². The molecule has 0 radical (unpaired) electrons. The van der Waals surface area contributed by atoms with Gasteiger partial charge in [0, 0.05) is 11.8 Å². The highest BCUT2D eigenvalue weighted by Gasteiger charge is 2.13. The molecule has 0 atom stereocenters. The number of nitrogen functional groups attached to an aromatic ring is 1. The fourth-order valence-corrected chi connectivity index (χ4v) is 1.65. The summed E-state index contributed by atoms with van der Waals surface area (Å²) in [5.41, 5.74) is 6.68. The first-order chi connectivity index (χ1) is 8.69. The maximum Gasteiger partial charge on any atom is 0.341 e. The van der Waals surface area contributed by atoms with E-state index in [-0.39, 0.29) is 0 Å². The van der Waals surface area contributed by atoms with Gasteiger partial charge in [0.25, 0.3) is 0 Å². The van der Waals surface area contributed by atoms with Crippen LogP contribution >= 0.6 is 0 Å². The van der Waals surface area contributed by atoms with Gasteiger partial charge in [-0.2, -0.15) is 0 Å². The average Bonchev–Trinajstić information content (AvgIpc) is 2.38. The zero-order chi connectivity index (χ0) is 13.4. The molecule has 0 amide bonds. The molecule has 4 heteroatoms. The third kappa shape index (κ3) is 4.28. The maximum absolute atomic E-state index is 11.5. The van der Waals surface area contributed by atoms with Crippen LogP contribution in [0.5, 0.6) is 5.75 Å². The van der Waals surface area contributed by atoms with Crippen LogP contribution in [0.25, 0.3) is 0 Å². The predicted molar refractivity (Wildman–Crippen MR) is 71.8 cm³/mol. The summed E-state index contributed by atoms with van der Waals surface area (Å²) in [5, 5.41) is 0. The van der Waals surface area contributed by atoms with Gasteiger partial charge >= 0.3 is 5.97 Å². The number of esters is 1. The van der Waals surface area contributed by atoms with Gasteiger partial charge in [0.05, 0.1) is 13.7 Å². The number of unbranched alkanes of at least 4 members (excludes halogenated alkanes) is 3. The van der Waals surface area contributed by atoms with Crippen molar-refractivity contribution in [3.8, 4) is 5.75 Å². The molecule has 0 aliphatic heterocycles. The van der Waals surface area contributed by atoms with Crippen LogP contribution < -0.4 is 10.5 Å². The lowest BCUT2D eigenvalue weighted by molar-refractivity contribution is 0.0596. The van der Waals surface area contributed by atoms with Crippen LogP contribution in [0, 0.1) is 0 Å². The van der Waals surface area contributed by atoms with Crippen molar-refractivity contribution in [3.63, 3.8) is 0 Å². The van der Waals surface area contributed by atoms with Crippen molar-refractivity contribution in [2.24, 2.45) is 0 Å². The molecule has 18 heavy (non-hydrogen) atoms. The standard InChI is InChI=1S/C14H21NO3/c1-3-4-5-6-9-18-13-10-11(15)7-8-12(13)14(16)17-2/h7-8,10H,3-6,9,15H2,1-2H3. The molecule has 100 valence electrons. The number of hydrogen-bond donors (Lipinski definition) is 1. The second kappa shape index (κ2) is 7.58. The Morgan fingerprint density at radius 1 is 1.28 bits per heavy atom. The Morgan fingerprint density at radius 2 is 2.06 bits per heavy atom. The van der Waals surface area contributed by atoms with E-state index in [1.165, 1.54) is 20.0 Å². The molecule has 0 saturated carbocycles. The number of rotatable bonds is 7. The number of methoxy groups -OCH3 is 1. The Balaban J connectivity index is 2.62. The van der Waals surface area contributed by atoms with E-state index in [1.807, 2.05) is 0 Å². The summed E-state index contributed by atoms with van der Waals surface area (Å²) in [6.07, 6.45) is 4.49. The topological polar surface area (TPSA) is 61.5 Å². The minimum Gasteiger partial charge on any atom is -0.493 e. The highest BCUT2D eigenvalue weighted by molar-refractivity contribution is 5.93. The summed E-state index contributed by atoms with van der Waals surface area (Å²) in [4.78, 5) is 11.5. The molecular formula is C14H21NO3. The molecule has 0 aromatic heterocycles. The Hall–Kier alpha value is -1.71. The average molecular weight is 251 g/mol. The number of hydrogen-bond acceptors (Lipinski definition) is 4. The lowest BCUT2D eigenvalue weighted by Crippen LogP contribution is -2.07. The van der Waals surface area contributed by atoms with Crippen LogP contribution in [0.15, 0.2) is 18.2 Å². The highest BCUT2D eigenvalue weighted by Crippen LogP contribution is 2.23. The number of carbonyl (C=O) groups excluding carboxylic acids is 1. The summed E-state index contributed by atoms with van der Waals surface area (Å²) in [5.74, 6) is 0.0944. The molecule has 1 aromatic rings. The molecule has 4 nitrogen and oxygen atoms in total. The summed E-state index contributed by atoms with van der Waals surface area (Å²) in [6, 6.07) is 4.95. The van der Waals surface area contributed by atoms with Gasteiger partial charge in [0.2, 0.25) is 0 Å². The first-order valence-corrected chi connectivity index (χ1v) is 6.29. The Morgan fingerprint density at radius 3 is 2.72 bits per heavy atom. The van der Waals surface area contributed by atoms with Crippen LogP contribution in [0.4, 0.5) is 5.69 Å². The fraction of sp³-hybridized carbons (Fsp3) is 0.500. The summed E-state index contributed by atoms with van der Waals surface area (Å²) in [6.45, 7) is 2.75. The molecule has 1 rings (SSSR count). The van der Waals surface area contributed by atoms with E-state index in [9.17, 15) is 4.79 Å². The SMILES string of the molecule is CCCCCCOc1cc(N)ccc1C(=O)OC. The molecule has 0 heterocycles. The number of anilines is 1. The van der Waals surface area contributed by atoms with Crippen molar-refractivity contribution >= 4 is 11.7 Å². The third-order valence-corrected chi connectivity index (χ3v) is 2.67. The fourth-order valence-electron chi connectivity index (χ4n) is 1.65. The normalized spacial score (nSPS) is 10.1. The summed E-state index contributed by atoms with van der Waals surface area (Å²) in [7, 11) is 1.35. The van der Waals surface area contributed by atoms with E-state index < -0.39 is 5.97 Å². The number of benzene rings is 1. The minimum absolute atomic E-state index is 0.404. The van der Waals surface area contributed by atoms with Gasteiger partial charge < -0.3 is 15.2 Å². The summed E-state index contributed by atoms with van der Waals surface area (Å²) >= 11 is 0. The monoisotopic (exact) mass is 251 g/mol. The molecule has 0 saturated heterocycles. The van der Waals surface area contributed by atoms with Crippen molar-refractivity contribution in [1.82, 2.24) is 0 Å². The van der Waals surface area contributed by atoms with Crippen LogP contribution in [0.1, 0.15) is 43.0 Å². The van der Waals surface area contributed by atoms with Crippen molar-refractivity contribution < 1.29 is 14.3 Å². The molecule has 0 fully saturated rings. The van der Waals surface area contributed by atoms with E-state index in [4.69, 9.17) is 15.2 Å². The zero-order valence-electron chi connectivity index (χ0n) is 11.1. The quantitative estimate of drug-likeness (QED) is 0.459. The third-order valence-electron chi connectivity index (χ3n) is 2.67. The molecule has 2 N–H and O–H groups in total. The van der Waals surface area contributed by atoms with Crippen molar-refractivity contribution in [2.45, 2.75) is 32.6 Å². The molecule has 0 unspecified atom stereocenters. The van der Waals surface area contributed by atoms with E-state index in [0.29, 0.717) is 23.6 Å². The second-order valence-corrected chi connectivity index (χ2v) is 4.16. The Labute approximate surface area is 108 Å². The first-order valence-electron chi connectivity index (χ1n) is 6.29. The van der Waals surface area contributed by atoms with Crippen LogP contribution in [-0.4, -0.2) is 19.7 Å². The molecule has 1 aromatic carbocycles. The summed E-state index contributed by atoms with van der Waals surface area (Å²) < 4.78 is 10.3. The smallest absolute Gasteiger partial charge is 0.341 e. The van der Waals surface area contributed by atoms with Gasteiger partial charge in [-0.05, 0) is 18.6 Å². The van der Waals surface area contributed by atoms with Gasteiger partial charge in [0.15, 0.2) is 0 Å². The van der Waals surface area contributed by atoms with Gasteiger partial charge in [-0.15, -0.1) is 0 Å². The van der Waals surface area contributed by atoms with Crippen LogP contribution in [0.2, 0.25) is 0 Å². The van der Waals surface area contributed by atoms with E-state index in [2.05, 4.69) is 6.92 Å². The Kier molecular flexibility index (Phi) is 6.05. The second-order valence-electron chi connectivity index (χ2n) is 4.16. The lowest BCUT2D eigenvalue weighted by Gasteiger charge is -2.10. The number of ether oxygens (including phenoxy) is 2. The van der Waals surface area contributed by atoms with Crippen molar-refractivity contribution in [3.05, 3.63) is 23.8 Å². The Bertz CT molecular complexity index is 391. The highest BCUT2D eigenvalue weighted by atomic mass is 16.5. The van der Waals surface area contributed by atoms with E-state index >= 15 is 0 Å². The van der Waals surface area contributed by atoms with Gasteiger partial charge in [-0.1, -0.05) is 26.2 Å². The largest absolute Gasteiger partial charge is 0.493 e. The maximum atomic E-state index is 11.5. The number of carbonyl (C=O) groups is 1. The van der Waals surface area contributed by atoms with Crippen molar-refractivity contribution in [1.29, 1.82) is 0 Å². The molecular weight excluding hydrogens is 230 g/mol. The first kappa shape index (κ1) is 14.4. The predicted octanol–water partition coefficient (Wildman–Crippen LogP) is 3.01. The molecule has 0 aliphatic rings. The minimum atomic E-state index is -0.404. The van der Waals surface area contributed by atoms with E-state index in [1.54, 1.807) is 18.2 Å². The van der Waals surface area contributed by atoms with Gasteiger partial charge in [-0.25, -0.2) is 4.79 Å². The lowest BCUT2D eigenvalue weighted by atomic mass is 10.2. The van der Waals surface area contributed by atoms with Crippen LogP contribution in [-0.2, 0) is 4.74 Å². The molecule has 0 spiro atoms. The number of nitrogens with two attached hydrogens (primary N) is 1.